The van der Waals surface area contributed by atoms with Gasteiger partial charge >= 0.3 is 22.5 Å². The Morgan fingerprint density at radius 1 is 0.636 bits per heavy atom. The molecule has 9 nitrogen and oxygen atoms in total. The highest BCUT2D eigenvalue weighted by Crippen LogP contribution is 2.18. The Morgan fingerprint density at radius 2 is 1.00 bits per heavy atom. The fourth-order valence-electron chi connectivity index (χ4n) is 2.28. The first-order valence-electron chi connectivity index (χ1n) is 9.56. The third-order valence-electron chi connectivity index (χ3n) is 3.85. The first-order valence-corrected chi connectivity index (χ1v) is 11.5. The number of hydrogen-bond acceptors (Lipinski definition) is 11. The number of ether oxygens (including phenoxy) is 5. The molecule has 2 aromatic rings. The van der Waals surface area contributed by atoms with Crippen LogP contribution in [0, 0.1) is 0 Å². The molecule has 0 bridgehead atoms. The van der Waals surface area contributed by atoms with E-state index in [1.165, 1.54) is 62.8 Å². The predicted molar refractivity (Wildman–Crippen MR) is 123 cm³/mol. The maximum Gasteiger partial charge on any atom is 0.372 e. The molecular weight excluding hydrogens is 472 g/mol. The minimum atomic E-state index is -0.499. The Morgan fingerprint density at radius 3 is 1.33 bits per heavy atom. The molecule has 0 unspecified atom stereocenters. The van der Waals surface area contributed by atoms with Gasteiger partial charge in [-0.15, -0.1) is 0 Å². The number of rotatable bonds is 10. The van der Waals surface area contributed by atoms with Crippen molar-refractivity contribution in [3.63, 3.8) is 0 Å². The summed E-state index contributed by atoms with van der Waals surface area (Å²) < 4.78 is 24.9. The van der Waals surface area contributed by atoms with Crippen LogP contribution in [0.2, 0.25) is 0 Å². The molecule has 0 saturated carbocycles. The molecule has 0 amide bonds. The second-order valence-corrected chi connectivity index (χ2v) is 8.11. The third kappa shape index (κ3) is 9.56. The van der Waals surface area contributed by atoms with E-state index in [2.05, 4.69) is 9.47 Å². The molecule has 0 heterocycles. The van der Waals surface area contributed by atoms with Crippen molar-refractivity contribution in [3.05, 3.63) is 59.7 Å². The molecule has 0 fully saturated rings. The van der Waals surface area contributed by atoms with Gasteiger partial charge in [0.05, 0.1) is 38.6 Å². The van der Waals surface area contributed by atoms with Crippen molar-refractivity contribution in [1.82, 2.24) is 0 Å². The molecule has 2 aromatic carbocycles. The van der Waals surface area contributed by atoms with Gasteiger partial charge in [-0.25, -0.2) is 19.2 Å². The summed E-state index contributed by atoms with van der Waals surface area (Å²) in [6.07, 6.45) is 0. The lowest BCUT2D eigenvalue weighted by molar-refractivity contribution is 0.0592. The van der Waals surface area contributed by atoms with Crippen LogP contribution in [0.4, 0.5) is 9.59 Å². The van der Waals surface area contributed by atoms with Gasteiger partial charge in [-0.3, -0.25) is 0 Å². The van der Waals surface area contributed by atoms with E-state index in [9.17, 15) is 19.2 Å². The van der Waals surface area contributed by atoms with Crippen LogP contribution in [-0.4, -0.2) is 61.5 Å². The van der Waals surface area contributed by atoms with Gasteiger partial charge < -0.3 is 23.7 Å². The number of hydrogen-bond donors (Lipinski definition) is 0. The smallest absolute Gasteiger partial charge is 0.372 e. The largest absolute Gasteiger partial charge is 0.465 e. The molecular formula is C22H22O9S2. The average molecular weight is 495 g/mol. The average Bonchev–Trinajstić information content (AvgIpc) is 2.83. The van der Waals surface area contributed by atoms with E-state index in [1.54, 1.807) is 0 Å². The van der Waals surface area contributed by atoms with Crippen molar-refractivity contribution in [2.75, 3.05) is 38.9 Å². The number of methoxy groups -OCH3 is 2. The first kappa shape index (κ1) is 26.2. The van der Waals surface area contributed by atoms with Crippen molar-refractivity contribution >= 4 is 46.1 Å². The number of carbonyl (C=O) groups is 4. The van der Waals surface area contributed by atoms with E-state index in [1.807, 2.05) is 0 Å². The summed E-state index contributed by atoms with van der Waals surface area (Å²) in [4.78, 5) is 46.4. The molecule has 11 heteroatoms. The second kappa shape index (κ2) is 14.2. The molecule has 0 N–H and O–H groups in total. The van der Waals surface area contributed by atoms with Crippen LogP contribution in [-0.2, 0) is 14.2 Å². The zero-order valence-electron chi connectivity index (χ0n) is 17.9. The lowest BCUT2D eigenvalue weighted by atomic mass is 10.2. The zero-order valence-corrected chi connectivity index (χ0v) is 19.6. The van der Waals surface area contributed by atoms with Crippen LogP contribution in [0.1, 0.15) is 20.7 Å². The molecule has 0 aliphatic carbocycles. The number of carbonyl (C=O) groups excluding carboxylic acids is 4. The number of esters is 2. The highest BCUT2D eigenvalue weighted by Gasteiger charge is 2.10. The summed E-state index contributed by atoms with van der Waals surface area (Å²) in [6.45, 7) is 0.595. The second-order valence-electron chi connectivity index (χ2n) is 6.05. The van der Waals surface area contributed by atoms with Gasteiger partial charge in [0.1, 0.15) is 11.5 Å². The Bertz CT molecular complexity index is 866. The summed E-state index contributed by atoms with van der Waals surface area (Å²) in [5, 5.41) is -0.999. The van der Waals surface area contributed by atoms with E-state index in [0.717, 1.165) is 23.5 Å². The summed E-state index contributed by atoms with van der Waals surface area (Å²) in [5.74, 6) is 0.439. The topological polar surface area (TPSA) is 114 Å². The summed E-state index contributed by atoms with van der Waals surface area (Å²) in [5.41, 5.74) is 0.716. The van der Waals surface area contributed by atoms with Crippen molar-refractivity contribution in [2.24, 2.45) is 0 Å². The van der Waals surface area contributed by atoms with E-state index in [-0.39, 0.29) is 0 Å². The molecule has 0 aliphatic heterocycles. The summed E-state index contributed by atoms with van der Waals surface area (Å²) in [6, 6.07) is 12.0. The molecule has 2 rings (SSSR count). The molecule has 0 aliphatic rings. The monoisotopic (exact) mass is 494 g/mol. The van der Waals surface area contributed by atoms with Gasteiger partial charge in [-0.2, -0.15) is 0 Å². The minimum Gasteiger partial charge on any atom is -0.465 e. The van der Waals surface area contributed by atoms with Gasteiger partial charge in [0.25, 0.3) is 0 Å². The molecule has 33 heavy (non-hydrogen) atoms. The van der Waals surface area contributed by atoms with Crippen molar-refractivity contribution < 1.29 is 42.9 Å². The van der Waals surface area contributed by atoms with Crippen LogP contribution in [0.15, 0.2) is 48.5 Å². The predicted octanol–water partition coefficient (Wildman–Crippen LogP) is 4.44. The Kier molecular flexibility index (Phi) is 11.3. The van der Waals surface area contributed by atoms with Crippen LogP contribution in [0.3, 0.4) is 0 Å². The summed E-state index contributed by atoms with van der Waals surface area (Å²) >= 11 is 1.90. The SMILES string of the molecule is COC(=O)c1ccc(OC(=O)SCCOCCSC(=O)Oc2ccc(C(=O)OC)cc2)cc1. The maximum absolute atomic E-state index is 11.8. The van der Waals surface area contributed by atoms with Gasteiger partial charge in [0.15, 0.2) is 0 Å². The van der Waals surface area contributed by atoms with E-state index >= 15 is 0 Å². The lowest BCUT2D eigenvalue weighted by Crippen LogP contribution is -2.08. The van der Waals surface area contributed by atoms with Crippen molar-refractivity contribution in [3.8, 4) is 11.5 Å². The Hall–Kier alpha value is -3.02. The van der Waals surface area contributed by atoms with E-state index in [4.69, 9.17) is 14.2 Å². The molecule has 0 spiro atoms. The third-order valence-corrected chi connectivity index (χ3v) is 5.23. The maximum atomic E-state index is 11.8. The fraction of sp³-hybridized carbons (Fsp3) is 0.273. The molecule has 176 valence electrons. The van der Waals surface area contributed by atoms with Crippen LogP contribution >= 0.6 is 23.5 Å². The first-order chi connectivity index (χ1) is 15.9. The van der Waals surface area contributed by atoms with Crippen LogP contribution < -0.4 is 9.47 Å². The van der Waals surface area contributed by atoms with E-state index < -0.39 is 22.5 Å². The number of benzene rings is 2. The van der Waals surface area contributed by atoms with Gasteiger partial charge in [0, 0.05) is 11.5 Å². The van der Waals surface area contributed by atoms with E-state index in [0.29, 0.717) is 47.3 Å². The van der Waals surface area contributed by atoms with Crippen molar-refractivity contribution in [2.45, 2.75) is 0 Å². The van der Waals surface area contributed by atoms with Gasteiger partial charge in [-0.1, -0.05) is 0 Å². The zero-order chi connectivity index (χ0) is 24.1. The molecule has 0 atom stereocenters. The Labute approximate surface area is 199 Å². The quantitative estimate of drug-likeness (QED) is 0.345. The molecule has 0 saturated heterocycles. The lowest BCUT2D eigenvalue weighted by Gasteiger charge is -2.06. The van der Waals surface area contributed by atoms with Crippen molar-refractivity contribution in [1.29, 1.82) is 0 Å². The summed E-state index contributed by atoms with van der Waals surface area (Å²) in [7, 11) is 2.57. The molecule has 0 aromatic heterocycles. The highest BCUT2D eigenvalue weighted by molar-refractivity contribution is 8.13. The van der Waals surface area contributed by atoms with Crippen LogP contribution in [0.25, 0.3) is 0 Å². The Balaban J connectivity index is 1.54. The van der Waals surface area contributed by atoms with Gasteiger partial charge in [-0.05, 0) is 72.1 Å². The standard InChI is InChI=1S/C22H22O9S2/c1-27-19(23)15-3-7-17(8-4-15)30-21(25)32-13-11-29-12-14-33-22(26)31-18-9-5-16(6-10-18)20(24)28-2/h3-10H,11-14H2,1-2H3. The fourth-order valence-corrected chi connectivity index (χ4v) is 3.32. The van der Waals surface area contributed by atoms with Crippen LogP contribution in [0.5, 0.6) is 11.5 Å². The normalized spacial score (nSPS) is 10.2. The highest BCUT2D eigenvalue weighted by atomic mass is 32.2. The minimum absolute atomic E-state index is 0.297. The molecule has 0 radical (unpaired) electrons. The number of thioether (sulfide) groups is 2. The van der Waals surface area contributed by atoms with Gasteiger partial charge in [0.2, 0.25) is 0 Å².